The van der Waals surface area contributed by atoms with E-state index in [-0.39, 0.29) is 11.5 Å². The standard InChI is InChI=1S/C31H27ClN2O/c32-27-21-18-24-25-26(27)31(22-9-5-4-8-20(22)10-11-23(21)31)29(35)28(30(25)13-15-33-16-14-30)34(24)17-12-19-6-2-1-3-7-19/h1-9,11,18,28,33H,10,12-17H2. The van der Waals surface area contributed by atoms with Gasteiger partial charge >= 0.3 is 0 Å². The van der Waals surface area contributed by atoms with Gasteiger partial charge in [-0.2, -0.15) is 0 Å². The number of hydrogen-bond acceptors (Lipinski definition) is 3. The lowest BCUT2D eigenvalue weighted by atomic mass is 9.53. The van der Waals surface area contributed by atoms with Crippen molar-refractivity contribution in [3.63, 3.8) is 0 Å². The SMILES string of the molecule is O=C1C2N(CCc3ccccc3)c3cc4c(Cl)c(c3C23CCNCC3)C12C4=CCc1ccccc12. The third-order valence-electron chi connectivity index (χ3n) is 9.50. The number of benzene rings is 3. The van der Waals surface area contributed by atoms with Gasteiger partial charge in [-0.15, -0.1) is 0 Å². The molecular weight excluding hydrogens is 452 g/mol. The number of allylic oxidation sites excluding steroid dienone is 2. The highest BCUT2D eigenvalue weighted by molar-refractivity contribution is 6.38. The number of fused-ring (bicyclic) bond motifs is 3. The highest BCUT2D eigenvalue weighted by Crippen LogP contribution is 2.70. The van der Waals surface area contributed by atoms with Crippen molar-refractivity contribution in [1.82, 2.24) is 5.32 Å². The third kappa shape index (κ3) is 2.26. The van der Waals surface area contributed by atoms with E-state index in [4.69, 9.17) is 11.6 Å². The molecule has 4 bridgehead atoms. The molecule has 3 nitrogen and oxygen atoms in total. The minimum atomic E-state index is -0.739. The molecule has 35 heavy (non-hydrogen) atoms. The normalized spacial score (nSPS) is 26.2. The molecule has 8 rings (SSSR count). The van der Waals surface area contributed by atoms with Gasteiger partial charge in [0.1, 0.15) is 5.41 Å². The van der Waals surface area contributed by atoms with Crippen molar-refractivity contribution in [2.75, 3.05) is 24.5 Å². The number of nitrogens with one attached hydrogen (secondary N) is 1. The second-order valence-corrected chi connectivity index (χ2v) is 11.2. The Kier molecular flexibility index (Phi) is 3.99. The molecule has 2 atom stereocenters. The predicted octanol–water partition coefficient (Wildman–Crippen LogP) is 5.21. The van der Waals surface area contributed by atoms with Crippen LogP contribution in [0.1, 0.15) is 46.2 Å². The largest absolute Gasteiger partial charge is 0.360 e. The lowest BCUT2D eigenvalue weighted by Crippen LogP contribution is -2.63. The summed E-state index contributed by atoms with van der Waals surface area (Å²) in [5, 5.41) is 4.37. The average Bonchev–Trinajstić information content (AvgIpc) is 3.20. The molecule has 3 aliphatic carbocycles. The maximum absolute atomic E-state index is 15.1. The highest BCUT2D eigenvalue weighted by atomic mass is 35.5. The Morgan fingerprint density at radius 1 is 1.00 bits per heavy atom. The summed E-state index contributed by atoms with van der Waals surface area (Å²) in [5.74, 6) is 0.348. The zero-order chi connectivity index (χ0) is 23.4. The molecule has 0 saturated carbocycles. The minimum Gasteiger partial charge on any atom is -0.360 e. The van der Waals surface area contributed by atoms with E-state index in [9.17, 15) is 0 Å². The number of piperidine rings is 1. The molecule has 3 aromatic carbocycles. The number of anilines is 1. The molecule has 1 fully saturated rings. The molecule has 5 aliphatic rings. The van der Waals surface area contributed by atoms with Crippen LogP contribution in [0.4, 0.5) is 5.69 Å². The van der Waals surface area contributed by atoms with Gasteiger partial charge in [0.2, 0.25) is 0 Å². The van der Waals surface area contributed by atoms with Gasteiger partial charge in [0.25, 0.3) is 0 Å². The fourth-order valence-electron chi connectivity index (χ4n) is 8.18. The molecule has 2 aliphatic heterocycles. The van der Waals surface area contributed by atoms with Crippen LogP contribution in [0, 0.1) is 0 Å². The Labute approximate surface area is 210 Å². The first-order valence-corrected chi connectivity index (χ1v) is 13.3. The average molecular weight is 479 g/mol. The van der Waals surface area contributed by atoms with E-state index in [1.807, 2.05) is 0 Å². The second kappa shape index (κ2) is 6.87. The van der Waals surface area contributed by atoms with E-state index in [1.54, 1.807) is 0 Å². The van der Waals surface area contributed by atoms with Crippen molar-refractivity contribution in [2.24, 2.45) is 0 Å². The highest BCUT2D eigenvalue weighted by Gasteiger charge is 2.70. The fourth-order valence-corrected chi connectivity index (χ4v) is 8.57. The summed E-state index contributed by atoms with van der Waals surface area (Å²) in [6.07, 6.45) is 6.05. The van der Waals surface area contributed by atoms with Gasteiger partial charge in [-0.1, -0.05) is 72.3 Å². The summed E-state index contributed by atoms with van der Waals surface area (Å²) in [6.45, 7) is 2.74. The predicted molar refractivity (Wildman–Crippen MR) is 140 cm³/mol. The summed E-state index contributed by atoms with van der Waals surface area (Å²) in [7, 11) is 0. The minimum absolute atomic E-state index is 0.142. The molecule has 174 valence electrons. The van der Waals surface area contributed by atoms with Crippen LogP contribution in [-0.4, -0.2) is 31.5 Å². The smallest absolute Gasteiger partial charge is 0.175 e. The third-order valence-corrected chi connectivity index (χ3v) is 9.89. The first-order valence-electron chi connectivity index (χ1n) is 12.9. The summed E-state index contributed by atoms with van der Waals surface area (Å²) in [5.41, 5.74) is 8.83. The Morgan fingerprint density at radius 3 is 2.60 bits per heavy atom. The monoisotopic (exact) mass is 478 g/mol. The molecular formula is C31H27ClN2O. The number of carbonyl (C=O) groups is 1. The van der Waals surface area contributed by atoms with Crippen molar-refractivity contribution in [3.05, 3.63) is 105 Å². The Hall–Kier alpha value is -2.88. The molecule has 2 heterocycles. The van der Waals surface area contributed by atoms with Crippen LogP contribution in [0.15, 0.2) is 66.7 Å². The van der Waals surface area contributed by atoms with Gasteiger partial charge in [-0.05, 0) is 78.2 Å². The number of Topliss-reactive ketones (excluding diaryl/α,β-unsaturated/α-hetero) is 1. The van der Waals surface area contributed by atoms with Crippen molar-refractivity contribution in [2.45, 2.75) is 42.6 Å². The van der Waals surface area contributed by atoms with E-state index in [2.05, 4.69) is 77.0 Å². The van der Waals surface area contributed by atoms with Crippen LogP contribution in [-0.2, 0) is 28.5 Å². The zero-order valence-corrected chi connectivity index (χ0v) is 20.4. The summed E-state index contributed by atoms with van der Waals surface area (Å²) >= 11 is 7.24. The van der Waals surface area contributed by atoms with Gasteiger partial charge in [-0.25, -0.2) is 0 Å². The van der Waals surface area contributed by atoms with Crippen LogP contribution < -0.4 is 10.2 Å². The maximum atomic E-state index is 15.1. The molecule has 1 saturated heterocycles. The van der Waals surface area contributed by atoms with E-state index in [1.165, 1.54) is 22.4 Å². The van der Waals surface area contributed by atoms with Crippen LogP contribution in [0.2, 0.25) is 5.02 Å². The van der Waals surface area contributed by atoms with Crippen LogP contribution in [0.5, 0.6) is 0 Å². The lowest BCUT2D eigenvalue weighted by Gasteiger charge is -2.51. The summed E-state index contributed by atoms with van der Waals surface area (Å²) in [4.78, 5) is 17.6. The van der Waals surface area contributed by atoms with Gasteiger partial charge < -0.3 is 10.2 Å². The van der Waals surface area contributed by atoms with Crippen molar-refractivity contribution in [3.8, 4) is 0 Å². The van der Waals surface area contributed by atoms with Crippen LogP contribution in [0.25, 0.3) is 5.57 Å². The molecule has 4 heteroatoms. The van der Waals surface area contributed by atoms with Gasteiger partial charge in [0.15, 0.2) is 5.78 Å². The number of ketones is 1. The van der Waals surface area contributed by atoms with Gasteiger partial charge in [0, 0.05) is 23.2 Å². The van der Waals surface area contributed by atoms with E-state index < -0.39 is 5.41 Å². The Balaban J connectivity index is 1.40. The number of nitrogens with zero attached hydrogens (tertiary/aromatic N) is 1. The van der Waals surface area contributed by atoms with Crippen LogP contribution >= 0.6 is 11.6 Å². The number of rotatable bonds is 3. The van der Waals surface area contributed by atoms with Crippen molar-refractivity contribution < 1.29 is 4.79 Å². The first kappa shape index (κ1) is 20.3. The zero-order valence-electron chi connectivity index (χ0n) is 19.6. The molecule has 3 aromatic rings. The van der Waals surface area contributed by atoms with Gasteiger partial charge in [-0.3, -0.25) is 4.79 Å². The summed E-state index contributed by atoms with van der Waals surface area (Å²) in [6, 6.07) is 21.4. The topological polar surface area (TPSA) is 32.3 Å². The maximum Gasteiger partial charge on any atom is 0.175 e. The van der Waals surface area contributed by atoms with E-state index in [0.717, 1.165) is 72.6 Å². The fraction of sp³-hybridized carbons (Fsp3) is 0.323. The Morgan fingerprint density at radius 2 is 1.77 bits per heavy atom. The first-order chi connectivity index (χ1) is 17.2. The molecule has 0 radical (unpaired) electrons. The number of carbonyl (C=O) groups excluding carboxylic acids is 1. The molecule has 0 amide bonds. The summed E-state index contributed by atoms with van der Waals surface area (Å²) < 4.78 is 0. The van der Waals surface area contributed by atoms with E-state index >= 15 is 4.79 Å². The Bertz CT molecular complexity index is 1450. The quantitative estimate of drug-likeness (QED) is 0.560. The van der Waals surface area contributed by atoms with Crippen molar-refractivity contribution in [1.29, 1.82) is 0 Å². The van der Waals surface area contributed by atoms with Crippen molar-refractivity contribution >= 4 is 28.6 Å². The molecule has 2 spiro atoms. The number of hydrogen-bond donors (Lipinski definition) is 1. The second-order valence-electron chi connectivity index (χ2n) is 10.8. The molecule has 0 aromatic heterocycles. The molecule has 1 N–H and O–H groups in total. The number of halogens is 1. The van der Waals surface area contributed by atoms with E-state index in [0.29, 0.717) is 5.78 Å². The lowest BCUT2D eigenvalue weighted by molar-refractivity contribution is -0.125. The van der Waals surface area contributed by atoms with Crippen LogP contribution in [0.3, 0.4) is 0 Å². The molecule has 2 unspecified atom stereocenters. The van der Waals surface area contributed by atoms with Gasteiger partial charge in [0.05, 0.1) is 11.1 Å².